The Morgan fingerprint density at radius 2 is 1.57 bits per heavy atom. The van der Waals surface area contributed by atoms with Crippen LogP contribution < -0.4 is 9.47 Å². The summed E-state index contributed by atoms with van der Waals surface area (Å²) in [7, 11) is 0. The molecule has 1 aliphatic heterocycles. The van der Waals surface area contributed by atoms with Crippen molar-refractivity contribution in [2.24, 2.45) is 23.7 Å². The molecule has 4 rings (SSSR count). The van der Waals surface area contributed by atoms with Gasteiger partial charge in [0.05, 0.1) is 12.7 Å². The molecule has 0 saturated heterocycles. The number of ether oxygens (including phenoxy) is 2. The molecule has 1 aromatic carbocycles. The number of hydrogen-bond donors (Lipinski definition) is 0. The highest BCUT2D eigenvalue weighted by Crippen LogP contribution is 2.43. The molecule has 0 radical (unpaired) electrons. The van der Waals surface area contributed by atoms with Gasteiger partial charge in [-0.25, -0.2) is 0 Å². The second-order valence-corrected chi connectivity index (χ2v) is 10.1. The maximum Gasteiger partial charge on any atom is 0.204 e. The highest BCUT2D eigenvalue weighted by molar-refractivity contribution is 5.44. The van der Waals surface area contributed by atoms with E-state index in [-0.39, 0.29) is 17.6 Å². The van der Waals surface area contributed by atoms with E-state index in [0.29, 0.717) is 6.61 Å². The first-order valence-corrected chi connectivity index (χ1v) is 12.4. The molecule has 0 bridgehead atoms. The fourth-order valence-corrected chi connectivity index (χ4v) is 6.08. The lowest BCUT2D eigenvalue weighted by molar-refractivity contribution is 0.121. The van der Waals surface area contributed by atoms with Crippen molar-refractivity contribution in [3.05, 3.63) is 23.3 Å². The molecule has 3 aliphatic rings. The molecule has 1 aromatic rings. The first-order chi connectivity index (χ1) is 14.5. The Morgan fingerprint density at radius 1 is 0.900 bits per heavy atom. The first kappa shape index (κ1) is 21.9. The van der Waals surface area contributed by atoms with E-state index >= 15 is 0 Å². The van der Waals surface area contributed by atoms with E-state index < -0.39 is 11.6 Å². The van der Waals surface area contributed by atoms with Crippen LogP contribution in [0.4, 0.5) is 8.78 Å². The van der Waals surface area contributed by atoms with Crippen LogP contribution in [0.25, 0.3) is 0 Å². The molecule has 1 unspecified atom stereocenters. The van der Waals surface area contributed by atoms with E-state index in [0.717, 1.165) is 54.9 Å². The minimum Gasteiger partial charge on any atom is -0.491 e. The molecular weight excluding hydrogens is 382 g/mol. The summed E-state index contributed by atoms with van der Waals surface area (Å²) in [5.41, 5.74) is 0.732. The summed E-state index contributed by atoms with van der Waals surface area (Å²) < 4.78 is 39.9. The summed E-state index contributed by atoms with van der Waals surface area (Å²) in [6.45, 7) is 4.49. The Morgan fingerprint density at radius 3 is 2.23 bits per heavy atom. The zero-order chi connectivity index (χ0) is 21.1. The van der Waals surface area contributed by atoms with Gasteiger partial charge in [-0.3, -0.25) is 0 Å². The third-order valence-corrected chi connectivity index (χ3v) is 8.04. The van der Waals surface area contributed by atoms with Crippen molar-refractivity contribution in [3.8, 4) is 11.5 Å². The van der Waals surface area contributed by atoms with Crippen LogP contribution >= 0.6 is 0 Å². The summed E-state index contributed by atoms with van der Waals surface area (Å²) in [5, 5.41) is 0. The molecule has 2 aliphatic carbocycles. The highest BCUT2D eigenvalue weighted by atomic mass is 19.2. The monoisotopic (exact) mass is 420 g/mol. The van der Waals surface area contributed by atoms with Gasteiger partial charge in [-0.15, -0.1) is 0 Å². The lowest BCUT2D eigenvalue weighted by atomic mass is 9.69. The van der Waals surface area contributed by atoms with Gasteiger partial charge >= 0.3 is 0 Å². The van der Waals surface area contributed by atoms with Crippen LogP contribution in [0, 0.1) is 35.3 Å². The predicted molar refractivity (Wildman–Crippen MR) is 116 cm³/mol. The average molecular weight is 421 g/mol. The lowest BCUT2D eigenvalue weighted by Gasteiger charge is -2.37. The SMILES string of the molecule is CCOc1cc2c(c(F)c1F)OC(CCC1CCC(C3CCC(C)CC3)CC1)CC2. The molecule has 0 spiro atoms. The predicted octanol–water partition coefficient (Wildman–Crippen LogP) is 7.47. The van der Waals surface area contributed by atoms with Gasteiger partial charge in [0.2, 0.25) is 11.6 Å². The van der Waals surface area contributed by atoms with E-state index in [1.54, 1.807) is 13.0 Å². The minimum absolute atomic E-state index is 0.0000156. The fraction of sp³-hybridized carbons (Fsp3) is 0.769. The van der Waals surface area contributed by atoms with Crippen molar-refractivity contribution in [1.29, 1.82) is 0 Å². The maximum absolute atomic E-state index is 14.5. The smallest absolute Gasteiger partial charge is 0.204 e. The molecular formula is C26H38F2O2. The summed E-state index contributed by atoms with van der Waals surface area (Å²) in [5.74, 6) is 1.93. The van der Waals surface area contributed by atoms with Gasteiger partial charge < -0.3 is 9.47 Å². The zero-order valence-corrected chi connectivity index (χ0v) is 18.7. The van der Waals surface area contributed by atoms with Gasteiger partial charge in [-0.2, -0.15) is 8.78 Å². The van der Waals surface area contributed by atoms with Gasteiger partial charge in [0.15, 0.2) is 11.5 Å². The molecule has 1 atom stereocenters. The Labute approximate surface area is 180 Å². The number of fused-ring (bicyclic) bond motifs is 1. The quantitative estimate of drug-likeness (QED) is 0.475. The highest BCUT2D eigenvalue weighted by Gasteiger charge is 2.31. The number of rotatable bonds is 6. The number of aryl methyl sites for hydroxylation is 1. The average Bonchev–Trinajstić information content (AvgIpc) is 2.77. The van der Waals surface area contributed by atoms with Crippen LogP contribution in [-0.4, -0.2) is 12.7 Å². The first-order valence-electron chi connectivity index (χ1n) is 12.4. The summed E-state index contributed by atoms with van der Waals surface area (Å²) in [4.78, 5) is 0. The van der Waals surface area contributed by atoms with Crippen molar-refractivity contribution in [2.75, 3.05) is 6.61 Å². The fourth-order valence-electron chi connectivity index (χ4n) is 6.08. The number of benzene rings is 1. The topological polar surface area (TPSA) is 18.5 Å². The van der Waals surface area contributed by atoms with Crippen LogP contribution in [-0.2, 0) is 6.42 Å². The molecule has 30 heavy (non-hydrogen) atoms. The summed E-state index contributed by atoms with van der Waals surface area (Å²) >= 11 is 0. The Balaban J connectivity index is 1.25. The van der Waals surface area contributed by atoms with E-state index in [4.69, 9.17) is 9.47 Å². The third-order valence-electron chi connectivity index (χ3n) is 8.04. The van der Waals surface area contributed by atoms with Gasteiger partial charge in [0.25, 0.3) is 0 Å². The minimum atomic E-state index is -0.924. The van der Waals surface area contributed by atoms with E-state index in [2.05, 4.69) is 6.92 Å². The molecule has 2 fully saturated rings. The van der Waals surface area contributed by atoms with Gasteiger partial charge in [-0.1, -0.05) is 32.6 Å². The normalized spacial score (nSPS) is 31.7. The van der Waals surface area contributed by atoms with Crippen molar-refractivity contribution < 1.29 is 18.3 Å². The second-order valence-electron chi connectivity index (χ2n) is 10.1. The van der Waals surface area contributed by atoms with Gasteiger partial charge in [-0.05, 0) is 88.0 Å². The molecule has 0 amide bonds. The molecule has 0 N–H and O–H groups in total. The van der Waals surface area contributed by atoms with Crippen LogP contribution in [0.3, 0.4) is 0 Å². The van der Waals surface area contributed by atoms with Crippen LogP contribution in [0.15, 0.2) is 6.07 Å². The van der Waals surface area contributed by atoms with Crippen molar-refractivity contribution in [1.82, 2.24) is 0 Å². The third kappa shape index (κ3) is 4.94. The molecule has 168 valence electrons. The van der Waals surface area contributed by atoms with Crippen LogP contribution in [0.5, 0.6) is 11.5 Å². The molecule has 1 heterocycles. The Kier molecular flexibility index (Phi) is 7.20. The molecule has 4 heteroatoms. The van der Waals surface area contributed by atoms with Crippen LogP contribution in [0.2, 0.25) is 0 Å². The van der Waals surface area contributed by atoms with E-state index in [9.17, 15) is 8.78 Å². The maximum atomic E-state index is 14.5. The van der Waals surface area contributed by atoms with Crippen molar-refractivity contribution >= 4 is 0 Å². The standard InChI is InChI=1S/C26H38F2O2/c1-3-29-23-16-21-13-15-22(30-26(21)25(28)24(23)27)14-8-18-6-11-20(12-7-18)19-9-4-17(2)5-10-19/h16-20,22H,3-15H2,1-2H3. The van der Waals surface area contributed by atoms with Gasteiger partial charge in [0, 0.05) is 5.56 Å². The van der Waals surface area contributed by atoms with Gasteiger partial charge in [0.1, 0.15) is 0 Å². The van der Waals surface area contributed by atoms with Crippen molar-refractivity contribution in [2.45, 2.75) is 97.0 Å². The van der Waals surface area contributed by atoms with E-state index in [1.165, 1.54) is 51.4 Å². The molecule has 0 aromatic heterocycles. The Hall–Kier alpha value is -1.32. The lowest BCUT2D eigenvalue weighted by Crippen LogP contribution is -2.27. The summed E-state index contributed by atoms with van der Waals surface area (Å²) in [6.07, 6.45) is 14.9. The Bertz CT molecular complexity index is 703. The molecule has 2 saturated carbocycles. The largest absolute Gasteiger partial charge is 0.491 e. The number of hydrogen-bond acceptors (Lipinski definition) is 2. The number of halogens is 2. The second kappa shape index (κ2) is 9.87. The summed E-state index contributed by atoms with van der Waals surface area (Å²) in [6, 6.07) is 1.61. The molecule has 2 nitrogen and oxygen atoms in total. The zero-order valence-electron chi connectivity index (χ0n) is 18.7. The van der Waals surface area contributed by atoms with Crippen LogP contribution in [0.1, 0.15) is 90.0 Å². The van der Waals surface area contributed by atoms with Crippen molar-refractivity contribution in [3.63, 3.8) is 0 Å². The van der Waals surface area contributed by atoms with E-state index in [1.807, 2.05) is 0 Å².